The van der Waals surface area contributed by atoms with Crippen LogP contribution in [0.15, 0.2) is 59.5 Å². The van der Waals surface area contributed by atoms with Gasteiger partial charge in [-0.05, 0) is 48.2 Å². The number of fused-ring (bicyclic) bond motifs is 1. The fraction of sp³-hybridized carbons (Fsp3) is 0.360. The van der Waals surface area contributed by atoms with E-state index in [1.165, 1.54) is 34.2 Å². The molecule has 0 spiro atoms. The highest BCUT2D eigenvalue weighted by molar-refractivity contribution is 7.89. The van der Waals surface area contributed by atoms with Gasteiger partial charge in [-0.1, -0.05) is 36.4 Å². The molecule has 0 radical (unpaired) electrons. The van der Waals surface area contributed by atoms with Crippen LogP contribution >= 0.6 is 0 Å². The van der Waals surface area contributed by atoms with E-state index in [2.05, 4.69) is 6.07 Å². The second-order valence-electron chi connectivity index (χ2n) is 8.28. The van der Waals surface area contributed by atoms with Crippen molar-refractivity contribution in [2.75, 3.05) is 32.8 Å². The summed E-state index contributed by atoms with van der Waals surface area (Å²) in [6.45, 7) is 4.09. The smallest absolute Gasteiger partial charge is 0.331 e. The van der Waals surface area contributed by atoms with Crippen molar-refractivity contribution in [1.82, 2.24) is 9.21 Å². The lowest BCUT2D eigenvalue weighted by atomic mass is 9.99. The van der Waals surface area contributed by atoms with Gasteiger partial charge in [-0.15, -0.1) is 0 Å². The predicted molar refractivity (Wildman–Crippen MR) is 126 cm³/mol. The third kappa shape index (κ3) is 5.55. The molecule has 0 bridgehead atoms. The molecule has 2 aliphatic heterocycles. The van der Waals surface area contributed by atoms with Crippen molar-refractivity contribution in [3.05, 3.63) is 71.3 Å². The highest BCUT2D eigenvalue weighted by atomic mass is 32.2. The Labute approximate surface area is 199 Å². The topological polar surface area (TPSA) is 93.2 Å². The van der Waals surface area contributed by atoms with Crippen molar-refractivity contribution in [1.29, 1.82) is 0 Å². The van der Waals surface area contributed by atoms with Gasteiger partial charge in [0.15, 0.2) is 6.10 Å². The lowest BCUT2D eigenvalue weighted by Gasteiger charge is -2.30. The molecule has 180 valence electrons. The van der Waals surface area contributed by atoms with Crippen LogP contribution in [0.5, 0.6) is 0 Å². The summed E-state index contributed by atoms with van der Waals surface area (Å²) >= 11 is 0. The Hall–Kier alpha value is -3.01. The van der Waals surface area contributed by atoms with Crippen LogP contribution in [0.2, 0.25) is 0 Å². The van der Waals surface area contributed by atoms with Gasteiger partial charge in [0.25, 0.3) is 5.91 Å². The van der Waals surface area contributed by atoms with Crippen molar-refractivity contribution in [2.24, 2.45) is 0 Å². The van der Waals surface area contributed by atoms with Gasteiger partial charge in [-0.25, -0.2) is 13.2 Å². The van der Waals surface area contributed by atoms with Gasteiger partial charge in [0.05, 0.1) is 18.1 Å². The molecular formula is C25H28N2O6S. The summed E-state index contributed by atoms with van der Waals surface area (Å²) in [7, 11) is -3.57. The van der Waals surface area contributed by atoms with Crippen LogP contribution in [-0.2, 0) is 42.1 Å². The fourth-order valence-electron chi connectivity index (χ4n) is 4.06. The molecule has 2 aliphatic rings. The Morgan fingerprint density at radius 2 is 1.68 bits per heavy atom. The average Bonchev–Trinajstić information content (AvgIpc) is 2.87. The van der Waals surface area contributed by atoms with Crippen molar-refractivity contribution in [3.63, 3.8) is 0 Å². The first-order valence-electron chi connectivity index (χ1n) is 11.3. The summed E-state index contributed by atoms with van der Waals surface area (Å²) in [6, 6.07) is 14.3. The number of carbonyl (C=O) groups excluding carboxylic acids is 2. The Morgan fingerprint density at radius 3 is 2.38 bits per heavy atom. The molecule has 0 aliphatic carbocycles. The van der Waals surface area contributed by atoms with E-state index in [4.69, 9.17) is 9.47 Å². The molecule has 2 aromatic carbocycles. The largest absolute Gasteiger partial charge is 0.449 e. The van der Waals surface area contributed by atoms with Crippen LogP contribution in [0.3, 0.4) is 0 Å². The maximum absolute atomic E-state index is 12.7. The average molecular weight is 485 g/mol. The summed E-state index contributed by atoms with van der Waals surface area (Å²) < 4.78 is 37.3. The van der Waals surface area contributed by atoms with Gasteiger partial charge < -0.3 is 14.4 Å². The first kappa shape index (κ1) is 24.1. The number of hydrogen-bond acceptors (Lipinski definition) is 6. The van der Waals surface area contributed by atoms with Gasteiger partial charge in [-0.3, -0.25) is 4.79 Å². The highest BCUT2D eigenvalue weighted by Crippen LogP contribution is 2.20. The summed E-state index contributed by atoms with van der Waals surface area (Å²) in [5, 5.41) is 0. The van der Waals surface area contributed by atoms with E-state index in [0.717, 1.165) is 12.0 Å². The number of rotatable bonds is 6. The van der Waals surface area contributed by atoms with Crippen LogP contribution in [0.25, 0.3) is 6.08 Å². The minimum absolute atomic E-state index is 0.191. The molecular weight excluding hydrogens is 456 g/mol. The molecule has 0 saturated carbocycles. The number of sulfonamides is 1. The number of esters is 1. The van der Waals surface area contributed by atoms with Crippen molar-refractivity contribution in [3.8, 4) is 0 Å². The van der Waals surface area contributed by atoms with Crippen molar-refractivity contribution >= 4 is 28.0 Å². The van der Waals surface area contributed by atoms with Crippen LogP contribution < -0.4 is 0 Å². The molecule has 0 N–H and O–H groups in total. The van der Waals surface area contributed by atoms with Crippen LogP contribution in [0, 0.1) is 0 Å². The summed E-state index contributed by atoms with van der Waals surface area (Å²) in [4.78, 5) is 26.9. The minimum Gasteiger partial charge on any atom is -0.449 e. The fourth-order valence-corrected chi connectivity index (χ4v) is 5.46. The van der Waals surface area contributed by atoms with Crippen LogP contribution in [0.1, 0.15) is 23.6 Å². The van der Waals surface area contributed by atoms with Gasteiger partial charge in [0, 0.05) is 32.3 Å². The second-order valence-corrected chi connectivity index (χ2v) is 10.2. The highest BCUT2D eigenvalue weighted by Gasteiger charge is 2.27. The van der Waals surface area contributed by atoms with E-state index in [0.29, 0.717) is 45.0 Å². The lowest BCUT2D eigenvalue weighted by molar-refractivity contribution is -0.155. The molecule has 1 unspecified atom stereocenters. The lowest BCUT2D eigenvalue weighted by Crippen LogP contribution is -2.42. The number of amides is 1. The van der Waals surface area contributed by atoms with E-state index < -0.39 is 22.1 Å². The first-order valence-corrected chi connectivity index (χ1v) is 12.7. The maximum atomic E-state index is 12.7. The van der Waals surface area contributed by atoms with Crippen LogP contribution in [0.4, 0.5) is 0 Å². The molecule has 0 aromatic heterocycles. The molecule has 1 saturated heterocycles. The van der Waals surface area contributed by atoms with E-state index >= 15 is 0 Å². The molecule has 34 heavy (non-hydrogen) atoms. The molecule has 2 aromatic rings. The normalized spacial score (nSPS) is 17.9. The SMILES string of the molecule is CC(OC(=O)/C=C/c1ccc(S(=O)(=O)N2CCOCC2)cc1)C(=O)N1CCc2ccccc2C1. The molecule has 1 fully saturated rings. The molecule has 2 heterocycles. The summed E-state index contributed by atoms with van der Waals surface area (Å²) in [5.41, 5.74) is 2.99. The number of carbonyl (C=O) groups is 2. The molecule has 8 nitrogen and oxygen atoms in total. The van der Waals surface area contributed by atoms with Crippen LogP contribution in [-0.4, -0.2) is 68.5 Å². The summed E-state index contributed by atoms with van der Waals surface area (Å²) in [5.74, 6) is -0.864. The standard InChI is InChI=1S/C25H28N2O6S/c1-19(25(29)26-13-12-21-4-2-3-5-22(21)18-26)33-24(28)11-8-20-6-9-23(10-7-20)34(30,31)27-14-16-32-17-15-27/h2-11,19H,12-18H2,1H3/b11-8+. The van der Waals surface area contributed by atoms with E-state index in [9.17, 15) is 18.0 Å². The van der Waals surface area contributed by atoms with E-state index in [1.807, 2.05) is 18.2 Å². The zero-order chi connectivity index (χ0) is 24.1. The Kier molecular flexibility index (Phi) is 7.45. The van der Waals surface area contributed by atoms with E-state index in [-0.39, 0.29) is 10.8 Å². The van der Waals surface area contributed by atoms with Gasteiger partial charge in [0.2, 0.25) is 10.0 Å². The number of morpholine rings is 1. The minimum atomic E-state index is -3.57. The Morgan fingerprint density at radius 1 is 1.00 bits per heavy atom. The third-order valence-electron chi connectivity index (χ3n) is 5.98. The maximum Gasteiger partial charge on any atom is 0.331 e. The molecule has 4 rings (SSSR count). The monoisotopic (exact) mass is 484 g/mol. The second kappa shape index (κ2) is 10.5. The molecule has 1 atom stereocenters. The van der Waals surface area contributed by atoms with Gasteiger partial charge in [0.1, 0.15) is 0 Å². The first-order chi connectivity index (χ1) is 16.3. The molecule has 9 heteroatoms. The Balaban J connectivity index is 1.31. The third-order valence-corrected chi connectivity index (χ3v) is 7.90. The number of hydrogen-bond donors (Lipinski definition) is 0. The zero-order valence-electron chi connectivity index (χ0n) is 19.1. The Bertz CT molecular complexity index is 1170. The predicted octanol–water partition coefficient (Wildman–Crippen LogP) is 2.24. The summed E-state index contributed by atoms with van der Waals surface area (Å²) in [6.07, 6.45) is 2.64. The number of benzene rings is 2. The quantitative estimate of drug-likeness (QED) is 0.461. The molecule has 1 amide bonds. The van der Waals surface area contributed by atoms with E-state index in [1.54, 1.807) is 24.0 Å². The number of ether oxygens (including phenoxy) is 2. The number of nitrogens with zero attached hydrogens (tertiary/aromatic N) is 2. The zero-order valence-corrected chi connectivity index (χ0v) is 19.9. The van der Waals surface area contributed by atoms with Crippen molar-refractivity contribution < 1.29 is 27.5 Å². The van der Waals surface area contributed by atoms with Gasteiger partial charge in [-0.2, -0.15) is 4.31 Å². The van der Waals surface area contributed by atoms with Gasteiger partial charge >= 0.3 is 5.97 Å². The van der Waals surface area contributed by atoms with Crippen molar-refractivity contribution in [2.45, 2.75) is 30.9 Å².